The van der Waals surface area contributed by atoms with Crippen LogP contribution < -0.4 is 5.32 Å². The number of aryl methyl sites for hydroxylation is 1. The van der Waals surface area contributed by atoms with Crippen LogP contribution in [0.4, 0.5) is 0 Å². The van der Waals surface area contributed by atoms with Crippen LogP contribution in [0.1, 0.15) is 35.3 Å². The van der Waals surface area contributed by atoms with Crippen molar-refractivity contribution in [2.24, 2.45) is 7.05 Å². The van der Waals surface area contributed by atoms with E-state index in [4.69, 9.17) is 5.26 Å². The number of hydrogen-bond donors (Lipinski definition) is 1. The van der Waals surface area contributed by atoms with Crippen molar-refractivity contribution < 1.29 is 0 Å². The topological polar surface area (TPSA) is 53.6 Å². The molecule has 1 unspecified atom stereocenters. The molecule has 2 rings (SSSR count). The highest BCUT2D eigenvalue weighted by Crippen LogP contribution is 2.15. The van der Waals surface area contributed by atoms with Crippen molar-refractivity contribution >= 4 is 0 Å². The second-order valence-corrected chi connectivity index (χ2v) is 4.72. The van der Waals surface area contributed by atoms with Crippen LogP contribution in [0.25, 0.3) is 0 Å². The predicted octanol–water partition coefficient (Wildman–Crippen LogP) is 2.45. The molecule has 0 saturated carbocycles. The largest absolute Gasteiger partial charge is 0.306 e. The van der Waals surface area contributed by atoms with Crippen molar-refractivity contribution in [2.45, 2.75) is 26.4 Å². The molecule has 19 heavy (non-hydrogen) atoms. The van der Waals surface area contributed by atoms with Crippen LogP contribution in [0.3, 0.4) is 0 Å². The quantitative estimate of drug-likeness (QED) is 0.911. The average molecular weight is 254 g/mol. The third-order valence-corrected chi connectivity index (χ3v) is 3.45. The highest BCUT2D eigenvalue weighted by Gasteiger charge is 2.08. The molecule has 1 heterocycles. The van der Waals surface area contributed by atoms with Gasteiger partial charge in [-0.1, -0.05) is 12.1 Å². The molecule has 1 aromatic carbocycles. The molecule has 0 spiro atoms. The van der Waals surface area contributed by atoms with E-state index in [1.807, 2.05) is 42.2 Å². The Labute approximate surface area is 113 Å². The molecule has 1 aromatic heterocycles. The number of aromatic nitrogens is 2. The van der Waals surface area contributed by atoms with Gasteiger partial charge in [0.05, 0.1) is 17.8 Å². The number of benzene rings is 1. The van der Waals surface area contributed by atoms with E-state index in [9.17, 15) is 0 Å². The molecule has 0 aliphatic carbocycles. The van der Waals surface area contributed by atoms with E-state index in [0.717, 1.165) is 12.1 Å². The van der Waals surface area contributed by atoms with Crippen LogP contribution in [0.5, 0.6) is 0 Å². The second-order valence-electron chi connectivity index (χ2n) is 4.72. The fraction of sp³-hybridized carbons (Fsp3) is 0.333. The second kappa shape index (κ2) is 5.68. The summed E-state index contributed by atoms with van der Waals surface area (Å²) in [5.74, 6) is 0. The normalized spacial score (nSPS) is 12.1. The van der Waals surface area contributed by atoms with Gasteiger partial charge in [0.25, 0.3) is 0 Å². The summed E-state index contributed by atoms with van der Waals surface area (Å²) >= 11 is 0. The number of nitriles is 1. The Morgan fingerprint density at radius 2 is 2.26 bits per heavy atom. The molecule has 4 heteroatoms. The lowest BCUT2D eigenvalue weighted by Gasteiger charge is -2.14. The predicted molar refractivity (Wildman–Crippen MR) is 74.4 cm³/mol. The minimum Gasteiger partial charge on any atom is -0.306 e. The molecule has 0 saturated heterocycles. The Balaban J connectivity index is 2.03. The van der Waals surface area contributed by atoms with Crippen molar-refractivity contribution in [2.75, 3.05) is 0 Å². The minimum atomic E-state index is 0.202. The van der Waals surface area contributed by atoms with E-state index in [0.29, 0.717) is 5.56 Å². The summed E-state index contributed by atoms with van der Waals surface area (Å²) in [5, 5.41) is 16.6. The van der Waals surface area contributed by atoms with Crippen LogP contribution in [0, 0.1) is 18.3 Å². The first-order valence-corrected chi connectivity index (χ1v) is 6.32. The van der Waals surface area contributed by atoms with Crippen molar-refractivity contribution in [3.05, 3.63) is 52.8 Å². The molecular formula is C15H18N4. The van der Waals surface area contributed by atoms with Gasteiger partial charge in [-0.15, -0.1) is 0 Å². The lowest BCUT2D eigenvalue weighted by molar-refractivity contribution is 0.572. The Kier molecular flexibility index (Phi) is 3.98. The molecule has 0 bridgehead atoms. The lowest BCUT2D eigenvalue weighted by atomic mass is 10.1. The van der Waals surface area contributed by atoms with E-state index >= 15 is 0 Å². The van der Waals surface area contributed by atoms with Crippen molar-refractivity contribution in [1.82, 2.24) is 15.1 Å². The first-order chi connectivity index (χ1) is 9.11. The zero-order chi connectivity index (χ0) is 13.8. The van der Waals surface area contributed by atoms with Gasteiger partial charge in [-0.05, 0) is 31.5 Å². The van der Waals surface area contributed by atoms with Crippen molar-refractivity contribution in [3.63, 3.8) is 0 Å². The van der Waals surface area contributed by atoms with Gasteiger partial charge in [-0.2, -0.15) is 10.4 Å². The monoisotopic (exact) mass is 254 g/mol. The first-order valence-electron chi connectivity index (χ1n) is 6.32. The van der Waals surface area contributed by atoms with Gasteiger partial charge in [0, 0.05) is 30.9 Å². The van der Waals surface area contributed by atoms with Crippen molar-refractivity contribution in [1.29, 1.82) is 5.26 Å². The smallest absolute Gasteiger partial charge is 0.0991 e. The van der Waals surface area contributed by atoms with Crippen molar-refractivity contribution in [3.8, 4) is 6.07 Å². The molecule has 0 aliphatic heterocycles. The van der Waals surface area contributed by atoms with Gasteiger partial charge < -0.3 is 5.32 Å². The number of nitrogens with one attached hydrogen (secondary N) is 1. The molecule has 0 aliphatic rings. The lowest BCUT2D eigenvalue weighted by Crippen LogP contribution is -2.18. The maximum Gasteiger partial charge on any atom is 0.0991 e. The van der Waals surface area contributed by atoms with E-state index < -0.39 is 0 Å². The summed E-state index contributed by atoms with van der Waals surface area (Å²) in [4.78, 5) is 0. The molecule has 0 fully saturated rings. The van der Waals surface area contributed by atoms with E-state index in [2.05, 4.69) is 30.3 Å². The summed E-state index contributed by atoms with van der Waals surface area (Å²) in [6, 6.07) is 10.1. The molecule has 0 radical (unpaired) electrons. The fourth-order valence-corrected chi connectivity index (χ4v) is 1.98. The van der Waals surface area contributed by atoms with Crippen LogP contribution in [-0.2, 0) is 13.6 Å². The highest BCUT2D eigenvalue weighted by molar-refractivity contribution is 5.34. The summed E-state index contributed by atoms with van der Waals surface area (Å²) in [6.07, 6.45) is 1.89. The number of nitrogens with zero attached hydrogens (tertiary/aromatic N) is 3. The Morgan fingerprint density at radius 1 is 1.47 bits per heavy atom. The van der Waals surface area contributed by atoms with Crippen LogP contribution >= 0.6 is 0 Å². The Hall–Kier alpha value is -2.12. The number of rotatable bonds is 4. The molecule has 2 aromatic rings. The maximum atomic E-state index is 8.91. The van der Waals surface area contributed by atoms with Gasteiger partial charge in [0.1, 0.15) is 0 Å². The SMILES string of the molecule is Cc1c(CNC(C)c2cccc(C#N)c2)cnn1C. The summed E-state index contributed by atoms with van der Waals surface area (Å²) < 4.78 is 1.87. The first kappa shape index (κ1) is 13.3. The maximum absolute atomic E-state index is 8.91. The number of hydrogen-bond acceptors (Lipinski definition) is 3. The third-order valence-electron chi connectivity index (χ3n) is 3.45. The zero-order valence-corrected chi connectivity index (χ0v) is 11.5. The van der Waals surface area contributed by atoms with Gasteiger partial charge in [0.2, 0.25) is 0 Å². The molecule has 0 amide bonds. The van der Waals surface area contributed by atoms with Gasteiger partial charge in [0.15, 0.2) is 0 Å². The van der Waals surface area contributed by atoms with E-state index in [1.54, 1.807) is 0 Å². The summed E-state index contributed by atoms with van der Waals surface area (Å²) in [7, 11) is 1.94. The van der Waals surface area contributed by atoms with Crippen LogP contribution in [-0.4, -0.2) is 9.78 Å². The summed E-state index contributed by atoms with van der Waals surface area (Å²) in [6.45, 7) is 4.94. The Bertz CT molecular complexity index is 607. The van der Waals surface area contributed by atoms with Crippen LogP contribution in [0.2, 0.25) is 0 Å². The van der Waals surface area contributed by atoms with Gasteiger partial charge in [-0.3, -0.25) is 4.68 Å². The highest BCUT2D eigenvalue weighted by atomic mass is 15.3. The van der Waals surface area contributed by atoms with E-state index in [1.165, 1.54) is 11.3 Å². The molecule has 98 valence electrons. The summed E-state index contributed by atoms with van der Waals surface area (Å²) in [5.41, 5.74) is 4.19. The zero-order valence-electron chi connectivity index (χ0n) is 11.5. The molecule has 1 N–H and O–H groups in total. The van der Waals surface area contributed by atoms with Gasteiger partial charge >= 0.3 is 0 Å². The van der Waals surface area contributed by atoms with Gasteiger partial charge in [-0.25, -0.2) is 0 Å². The molecular weight excluding hydrogens is 236 g/mol. The minimum absolute atomic E-state index is 0.202. The molecule has 4 nitrogen and oxygen atoms in total. The van der Waals surface area contributed by atoms with E-state index in [-0.39, 0.29) is 6.04 Å². The standard InChI is InChI=1S/C15H18N4/c1-11(14-6-4-5-13(7-14)8-16)17-9-15-10-18-19(3)12(15)2/h4-7,10-11,17H,9H2,1-3H3. The molecule has 1 atom stereocenters. The van der Waals surface area contributed by atoms with Crippen LogP contribution in [0.15, 0.2) is 30.5 Å². The third kappa shape index (κ3) is 3.01. The average Bonchev–Trinajstić information content (AvgIpc) is 2.76. The fourth-order valence-electron chi connectivity index (χ4n) is 1.98. The Morgan fingerprint density at radius 3 is 2.89 bits per heavy atom.